The minimum Gasteiger partial charge on any atom is -0.494 e. The maximum absolute atomic E-state index is 5.45. The smallest absolute Gasteiger partial charge is 0.182 e. The Balaban J connectivity index is 2.29. The molecule has 0 aliphatic heterocycles. The van der Waals surface area contributed by atoms with Crippen LogP contribution >= 0.6 is 0 Å². The highest BCUT2D eigenvalue weighted by molar-refractivity contribution is 5.89. The van der Waals surface area contributed by atoms with Crippen LogP contribution in [0.5, 0.6) is 5.75 Å². The van der Waals surface area contributed by atoms with E-state index in [0.717, 1.165) is 28.0 Å². The number of ether oxygens (including phenoxy) is 1. The Hall–Kier alpha value is -2.29. The van der Waals surface area contributed by atoms with E-state index in [0.29, 0.717) is 0 Å². The van der Waals surface area contributed by atoms with Gasteiger partial charge in [0.05, 0.1) is 7.11 Å². The number of rotatable bonds is 2. The molecule has 0 aliphatic carbocycles. The van der Waals surface area contributed by atoms with Crippen LogP contribution in [0.3, 0.4) is 0 Å². The van der Waals surface area contributed by atoms with Crippen molar-refractivity contribution in [1.82, 2.24) is 4.98 Å². The predicted octanol–water partition coefficient (Wildman–Crippen LogP) is 3.50. The maximum Gasteiger partial charge on any atom is 0.182 e. The molecule has 0 N–H and O–H groups in total. The summed E-state index contributed by atoms with van der Waals surface area (Å²) in [4.78, 5) is 4.18. The van der Waals surface area contributed by atoms with Crippen LogP contribution in [0.25, 0.3) is 22.2 Å². The minimum absolute atomic E-state index is 0.738. The second-order valence-electron chi connectivity index (χ2n) is 3.71. The monoisotopic (exact) mass is 225 g/mol. The van der Waals surface area contributed by atoms with Crippen LogP contribution in [0.15, 0.2) is 53.3 Å². The Bertz CT molecular complexity index is 644. The molecule has 0 saturated heterocycles. The molecule has 0 radical (unpaired) electrons. The zero-order valence-corrected chi connectivity index (χ0v) is 9.38. The Morgan fingerprint density at radius 1 is 1.06 bits per heavy atom. The molecule has 2 aromatic carbocycles. The topological polar surface area (TPSA) is 35.3 Å². The number of aromatic nitrogens is 1. The first-order valence-corrected chi connectivity index (χ1v) is 5.36. The molecule has 0 amide bonds. The Morgan fingerprint density at radius 2 is 1.88 bits per heavy atom. The quantitative estimate of drug-likeness (QED) is 0.669. The number of hydrogen-bond donors (Lipinski definition) is 0. The highest BCUT2D eigenvalue weighted by Gasteiger charge is 2.12. The molecule has 3 nitrogen and oxygen atoms in total. The normalized spacial score (nSPS) is 10.6. The predicted molar refractivity (Wildman–Crippen MR) is 66.0 cm³/mol. The summed E-state index contributed by atoms with van der Waals surface area (Å²) in [5.41, 5.74) is 3.62. The summed E-state index contributed by atoms with van der Waals surface area (Å²) in [6, 6.07) is 14.0. The van der Waals surface area contributed by atoms with Gasteiger partial charge in [0.1, 0.15) is 0 Å². The summed E-state index contributed by atoms with van der Waals surface area (Å²) in [7, 11) is 1.65. The van der Waals surface area contributed by atoms with Crippen LogP contribution in [0.1, 0.15) is 0 Å². The minimum atomic E-state index is 0.738. The molecule has 1 aromatic heterocycles. The van der Waals surface area contributed by atoms with E-state index in [-0.39, 0.29) is 0 Å². The van der Waals surface area contributed by atoms with Gasteiger partial charge in [-0.3, -0.25) is 0 Å². The molecule has 17 heavy (non-hydrogen) atoms. The van der Waals surface area contributed by atoms with E-state index in [1.54, 1.807) is 7.11 Å². The average Bonchev–Trinajstić information content (AvgIpc) is 2.86. The van der Waals surface area contributed by atoms with Gasteiger partial charge in [0, 0.05) is 5.56 Å². The third-order valence-corrected chi connectivity index (χ3v) is 2.74. The van der Waals surface area contributed by atoms with Crippen LogP contribution in [0.4, 0.5) is 0 Å². The van der Waals surface area contributed by atoms with E-state index >= 15 is 0 Å². The highest BCUT2D eigenvalue weighted by atomic mass is 16.5. The molecule has 3 aromatic rings. The highest BCUT2D eigenvalue weighted by Crippen LogP contribution is 2.35. The molecule has 0 saturated carbocycles. The number of oxazole rings is 1. The fourth-order valence-corrected chi connectivity index (χ4v) is 1.96. The van der Waals surface area contributed by atoms with Gasteiger partial charge in [0.15, 0.2) is 23.2 Å². The van der Waals surface area contributed by atoms with Crippen LogP contribution < -0.4 is 4.74 Å². The Morgan fingerprint density at radius 3 is 2.65 bits per heavy atom. The lowest BCUT2D eigenvalue weighted by Crippen LogP contribution is -1.89. The van der Waals surface area contributed by atoms with Crippen molar-refractivity contribution in [3.63, 3.8) is 0 Å². The molecule has 0 aliphatic rings. The van der Waals surface area contributed by atoms with Crippen LogP contribution in [-0.2, 0) is 0 Å². The zero-order valence-electron chi connectivity index (χ0n) is 9.38. The number of benzene rings is 2. The first-order valence-electron chi connectivity index (χ1n) is 5.36. The van der Waals surface area contributed by atoms with Gasteiger partial charge in [-0.1, -0.05) is 30.3 Å². The summed E-state index contributed by atoms with van der Waals surface area (Å²) in [5, 5.41) is 0. The lowest BCUT2D eigenvalue weighted by molar-refractivity contribution is 0.420. The van der Waals surface area contributed by atoms with E-state index in [1.807, 2.05) is 42.5 Å². The second-order valence-corrected chi connectivity index (χ2v) is 3.71. The van der Waals surface area contributed by atoms with Gasteiger partial charge in [0.2, 0.25) is 0 Å². The number of hydrogen-bond acceptors (Lipinski definition) is 3. The van der Waals surface area contributed by atoms with Crippen LogP contribution in [0, 0.1) is 0 Å². The van der Waals surface area contributed by atoms with E-state index in [9.17, 15) is 0 Å². The molecular weight excluding hydrogens is 214 g/mol. The summed E-state index contributed by atoms with van der Waals surface area (Å²) in [5.74, 6) is 0.752. The van der Waals surface area contributed by atoms with E-state index in [1.165, 1.54) is 6.39 Å². The third kappa shape index (κ3) is 1.56. The summed E-state index contributed by atoms with van der Waals surface area (Å²) in [6.07, 6.45) is 1.43. The number of nitrogens with zero attached hydrogens (tertiary/aromatic N) is 1. The first kappa shape index (κ1) is 9.90. The standard InChI is InChI=1S/C14H11NO2/c1-16-14-11(10-5-3-2-4-6-10)7-8-12-13(14)15-9-17-12/h2-9H,1H3. The van der Waals surface area contributed by atoms with Crippen LogP contribution in [-0.4, -0.2) is 12.1 Å². The molecule has 0 unspecified atom stereocenters. The maximum atomic E-state index is 5.45. The fraction of sp³-hybridized carbons (Fsp3) is 0.0714. The Kier molecular flexibility index (Phi) is 2.29. The van der Waals surface area contributed by atoms with E-state index in [4.69, 9.17) is 9.15 Å². The molecule has 3 rings (SSSR count). The van der Waals surface area contributed by atoms with Crippen molar-refractivity contribution >= 4 is 11.1 Å². The summed E-state index contributed by atoms with van der Waals surface area (Å²) < 4.78 is 10.7. The molecule has 3 heteroatoms. The van der Waals surface area contributed by atoms with Crippen molar-refractivity contribution < 1.29 is 9.15 Å². The summed E-state index contributed by atoms with van der Waals surface area (Å²) in [6.45, 7) is 0. The molecular formula is C14H11NO2. The lowest BCUT2D eigenvalue weighted by atomic mass is 10.0. The lowest BCUT2D eigenvalue weighted by Gasteiger charge is -2.08. The largest absolute Gasteiger partial charge is 0.494 e. The SMILES string of the molecule is COc1c(-c2ccccc2)ccc2ocnc12. The van der Waals surface area contributed by atoms with Crippen molar-refractivity contribution in [2.75, 3.05) is 7.11 Å². The number of methoxy groups -OCH3 is 1. The van der Waals surface area contributed by atoms with Gasteiger partial charge in [-0.05, 0) is 17.7 Å². The molecule has 0 fully saturated rings. The van der Waals surface area contributed by atoms with Gasteiger partial charge in [-0.15, -0.1) is 0 Å². The van der Waals surface area contributed by atoms with Crippen LogP contribution in [0.2, 0.25) is 0 Å². The van der Waals surface area contributed by atoms with Gasteiger partial charge < -0.3 is 9.15 Å². The molecule has 0 bridgehead atoms. The van der Waals surface area contributed by atoms with Crippen molar-refractivity contribution in [3.8, 4) is 16.9 Å². The molecule has 1 heterocycles. The molecule has 0 atom stereocenters. The van der Waals surface area contributed by atoms with Gasteiger partial charge >= 0.3 is 0 Å². The number of fused-ring (bicyclic) bond motifs is 1. The van der Waals surface area contributed by atoms with Gasteiger partial charge in [-0.25, -0.2) is 4.98 Å². The first-order chi connectivity index (χ1) is 8.40. The van der Waals surface area contributed by atoms with Gasteiger partial charge in [-0.2, -0.15) is 0 Å². The Labute approximate surface area is 98.7 Å². The van der Waals surface area contributed by atoms with Crippen molar-refractivity contribution in [3.05, 3.63) is 48.9 Å². The summed E-state index contributed by atoms with van der Waals surface area (Å²) >= 11 is 0. The van der Waals surface area contributed by atoms with E-state index in [2.05, 4.69) is 4.98 Å². The van der Waals surface area contributed by atoms with Crippen molar-refractivity contribution in [2.24, 2.45) is 0 Å². The second kappa shape index (κ2) is 3.94. The molecule has 84 valence electrons. The van der Waals surface area contributed by atoms with E-state index < -0.39 is 0 Å². The zero-order chi connectivity index (χ0) is 11.7. The average molecular weight is 225 g/mol. The fourth-order valence-electron chi connectivity index (χ4n) is 1.96. The van der Waals surface area contributed by atoms with Crippen molar-refractivity contribution in [2.45, 2.75) is 0 Å². The third-order valence-electron chi connectivity index (χ3n) is 2.74. The van der Waals surface area contributed by atoms with Gasteiger partial charge in [0.25, 0.3) is 0 Å². The van der Waals surface area contributed by atoms with Crippen molar-refractivity contribution in [1.29, 1.82) is 0 Å². The molecule has 0 spiro atoms.